The number of halogens is 1. The van der Waals surface area contributed by atoms with Crippen molar-refractivity contribution in [1.82, 2.24) is 15.0 Å². The monoisotopic (exact) mass is 256 g/mol. The molecular weight excluding hydrogens is 252 g/mol. The lowest BCUT2D eigenvalue weighted by molar-refractivity contribution is -0.383. The number of aromatic amines is 2. The van der Waals surface area contributed by atoms with Crippen molar-refractivity contribution in [1.29, 1.82) is 0 Å². The summed E-state index contributed by atoms with van der Waals surface area (Å²) in [6.07, 6.45) is 0. The van der Waals surface area contributed by atoms with Crippen LogP contribution in [0, 0.1) is 17.0 Å². The van der Waals surface area contributed by atoms with Crippen LogP contribution < -0.4 is 11.1 Å². The quantitative estimate of drug-likeness (QED) is 0.436. The first-order chi connectivity index (χ1) is 7.91. The minimum Gasteiger partial charge on any atom is -0.309 e. The van der Waals surface area contributed by atoms with Crippen LogP contribution in [-0.4, -0.2) is 19.9 Å². The summed E-state index contributed by atoms with van der Waals surface area (Å²) in [4.78, 5) is 40.4. The van der Waals surface area contributed by atoms with Gasteiger partial charge in [0.2, 0.25) is 0 Å². The number of aryl methyl sites for hydroxylation is 1. The van der Waals surface area contributed by atoms with Crippen LogP contribution in [0.4, 0.5) is 5.69 Å². The highest BCUT2D eigenvalue weighted by Gasteiger charge is 2.22. The van der Waals surface area contributed by atoms with Gasteiger partial charge in [0.15, 0.2) is 11.2 Å². The van der Waals surface area contributed by atoms with Crippen LogP contribution >= 0.6 is 11.6 Å². The van der Waals surface area contributed by atoms with Gasteiger partial charge in [-0.2, -0.15) is 0 Å². The number of rotatable bonds is 1. The fraction of sp³-hybridized carbons (Fsp3) is 0.125. The standard InChI is InChI=1S/C8H5ClN4O4/c1-2-3(9)5(13(16)17)4-6(10-2)12-8(15)7(14)11-4/h1H3,(H,11,14)(H,10,12,15). The van der Waals surface area contributed by atoms with Crippen molar-refractivity contribution in [2.45, 2.75) is 6.92 Å². The molecule has 2 aromatic heterocycles. The maximum Gasteiger partial charge on any atom is 0.316 e. The van der Waals surface area contributed by atoms with Gasteiger partial charge in [0, 0.05) is 0 Å². The molecule has 0 aliphatic carbocycles. The third-order valence-corrected chi connectivity index (χ3v) is 2.59. The predicted octanol–water partition coefficient (Wildman–Crippen LogP) is 0.481. The topological polar surface area (TPSA) is 122 Å². The first-order valence-electron chi connectivity index (χ1n) is 4.38. The number of nitrogens with one attached hydrogen (secondary N) is 2. The van der Waals surface area contributed by atoms with E-state index in [0.29, 0.717) is 0 Å². The van der Waals surface area contributed by atoms with Crippen LogP contribution in [0.15, 0.2) is 9.59 Å². The summed E-state index contributed by atoms with van der Waals surface area (Å²) >= 11 is 5.74. The van der Waals surface area contributed by atoms with E-state index in [-0.39, 0.29) is 21.9 Å². The number of nitro groups is 1. The highest BCUT2D eigenvalue weighted by atomic mass is 35.5. The van der Waals surface area contributed by atoms with E-state index in [1.165, 1.54) is 6.92 Å². The van der Waals surface area contributed by atoms with E-state index in [9.17, 15) is 19.7 Å². The SMILES string of the molecule is Cc1nc2[nH]c(=O)c(=O)[nH]c2c([N+](=O)[O-])c1Cl. The summed E-state index contributed by atoms with van der Waals surface area (Å²) in [6, 6.07) is 0. The molecule has 0 aromatic carbocycles. The molecule has 9 heteroatoms. The summed E-state index contributed by atoms with van der Waals surface area (Å²) in [5.41, 5.74) is -2.50. The molecule has 0 aliphatic rings. The zero-order valence-corrected chi connectivity index (χ0v) is 9.16. The molecule has 0 amide bonds. The number of nitrogens with zero attached hydrogens (tertiary/aromatic N) is 2. The van der Waals surface area contributed by atoms with Crippen LogP contribution in [0.5, 0.6) is 0 Å². The van der Waals surface area contributed by atoms with E-state index in [2.05, 4.69) is 15.0 Å². The first-order valence-corrected chi connectivity index (χ1v) is 4.76. The van der Waals surface area contributed by atoms with Crippen LogP contribution in [0.2, 0.25) is 5.02 Å². The first kappa shape index (κ1) is 11.3. The molecule has 0 atom stereocenters. The molecule has 17 heavy (non-hydrogen) atoms. The third kappa shape index (κ3) is 1.68. The highest BCUT2D eigenvalue weighted by Crippen LogP contribution is 2.31. The van der Waals surface area contributed by atoms with Crippen molar-refractivity contribution in [3.05, 3.63) is 41.5 Å². The molecule has 2 heterocycles. The van der Waals surface area contributed by atoms with Crippen molar-refractivity contribution in [2.24, 2.45) is 0 Å². The van der Waals surface area contributed by atoms with Crippen LogP contribution in [0.3, 0.4) is 0 Å². The maximum absolute atomic E-state index is 11.1. The molecule has 2 rings (SSSR count). The molecule has 0 aliphatic heterocycles. The average molecular weight is 257 g/mol. The van der Waals surface area contributed by atoms with Gasteiger partial charge < -0.3 is 9.97 Å². The molecule has 0 radical (unpaired) electrons. The largest absolute Gasteiger partial charge is 0.316 e. The van der Waals surface area contributed by atoms with Gasteiger partial charge in [-0.15, -0.1) is 0 Å². The fourth-order valence-electron chi connectivity index (χ4n) is 1.38. The van der Waals surface area contributed by atoms with Crippen molar-refractivity contribution < 1.29 is 4.92 Å². The average Bonchev–Trinajstić information content (AvgIpc) is 2.23. The fourth-order valence-corrected chi connectivity index (χ4v) is 1.59. The Morgan fingerprint density at radius 1 is 1.29 bits per heavy atom. The second-order valence-electron chi connectivity index (χ2n) is 3.25. The van der Waals surface area contributed by atoms with Crippen LogP contribution in [0.25, 0.3) is 11.2 Å². The molecule has 88 valence electrons. The Balaban J connectivity index is 3.09. The Labute approximate surface area is 97.4 Å². The minimum absolute atomic E-state index is 0.0804. The van der Waals surface area contributed by atoms with Crippen molar-refractivity contribution >= 4 is 28.5 Å². The Morgan fingerprint density at radius 2 is 1.88 bits per heavy atom. The molecule has 0 unspecified atom stereocenters. The van der Waals surface area contributed by atoms with Gasteiger partial charge >= 0.3 is 16.8 Å². The Morgan fingerprint density at radius 3 is 2.47 bits per heavy atom. The minimum atomic E-state index is -0.998. The molecule has 0 fully saturated rings. The molecule has 8 nitrogen and oxygen atoms in total. The zero-order valence-electron chi connectivity index (χ0n) is 8.41. The molecule has 2 N–H and O–H groups in total. The van der Waals surface area contributed by atoms with Gasteiger partial charge in [0.25, 0.3) is 0 Å². The zero-order chi connectivity index (χ0) is 12.7. The van der Waals surface area contributed by atoms with Gasteiger partial charge in [-0.3, -0.25) is 19.7 Å². The lowest BCUT2D eigenvalue weighted by atomic mass is 10.3. The number of hydrogen-bond acceptors (Lipinski definition) is 5. The van der Waals surface area contributed by atoms with Gasteiger partial charge in [-0.1, -0.05) is 11.6 Å². The maximum atomic E-state index is 11.1. The van der Waals surface area contributed by atoms with Gasteiger partial charge in [-0.25, -0.2) is 4.98 Å². The van der Waals surface area contributed by atoms with E-state index < -0.39 is 21.7 Å². The van der Waals surface area contributed by atoms with Gasteiger partial charge in [-0.05, 0) is 6.92 Å². The van der Waals surface area contributed by atoms with E-state index in [1.807, 2.05) is 0 Å². The van der Waals surface area contributed by atoms with E-state index >= 15 is 0 Å². The molecule has 0 spiro atoms. The van der Waals surface area contributed by atoms with Crippen LogP contribution in [-0.2, 0) is 0 Å². The van der Waals surface area contributed by atoms with E-state index in [1.54, 1.807) is 0 Å². The van der Waals surface area contributed by atoms with Gasteiger partial charge in [0.05, 0.1) is 10.6 Å². The Bertz CT molecular complexity index is 747. The summed E-state index contributed by atoms with van der Waals surface area (Å²) < 4.78 is 0. The molecule has 0 saturated heterocycles. The molecule has 0 bridgehead atoms. The predicted molar refractivity (Wildman–Crippen MR) is 59.4 cm³/mol. The van der Waals surface area contributed by atoms with Crippen molar-refractivity contribution in [3.8, 4) is 0 Å². The third-order valence-electron chi connectivity index (χ3n) is 2.14. The summed E-state index contributed by atoms with van der Waals surface area (Å²) in [7, 11) is 0. The summed E-state index contributed by atoms with van der Waals surface area (Å²) in [6.45, 7) is 1.46. The number of pyridine rings is 1. The molecule has 2 aromatic rings. The molecular formula is C8H5ClN4O4. The number of aromatic nitrogens is 3. The van der Waals surface area contributed by atoms with Crippen molar-refractivity contribution in [2.75, 3.05) is 0 Å². The normalized spacial score (nSPS) is 10.7. The second-order valence-corrected chi connectivity index (χ2v) is 3.63. The molecule has 0 saturated carbocycles. The van der Waals surface area contributed by atoms with Gasteiger partial charge in [0.1, 0.15) is 5.02 Å². The lowest BCUT2D eigenvalue weighted by Crippen LogP contribution is -2.29. The summed E-state index contributed by atoms with van der Waals surface area (Å²) in [5, 5.41) is 10.7. The second kappa shape index (κ2) is 3.67. The Hall–Kier alpha value is -2.22. The number of H-pyrrole nitrogens is 2. The van der Waals surface area contributed by atoms with Crippen LogP contribution in [0.1, 0.15) is 5.69 Å². The Kier molecular flexibility index (Phi) is 2.43. The number of hydrogen-bond donors (Lipinski definition) is 2. The van der Waals surface area contributed by atoms with E-state index in [0.717, 1.165) is 0 Å². The number of fused-ring (bicyclic) bond motifs is 1. The summed E-state index contributed by atoms with van der Waals surface area (Å²) in [5.74, 6) is 0. The highest BCUT2D eigenvalue weighted by molar-refractivity contribution is 6.34. The smallest absolute Gasteiger partial charge is 0.309 e. The van der Waals surface area contributed by atoms with Crippen molar-refractivity contribution in [3.63, 3.8) is 0 Å². The van der Waals surface area contributed by atoms with E-state index in [4.69, 9.17) is 11.6 Å². The lowest BCUT2D eigenvalue weighted by Gasteiger charge is -2.02.